The summed E-state index contributed by atoms with van der Waals surface area (Å²) < 4.78 is 32.5. The SMILES string of the molecule is CC/C=C\C/C=C\C/C=C\C/C=C\CCCCCCCCCCC(=O)OC(CO)COP(=O)(O)OCC(CO)OC(=O)CCCCCCC/C=C\CCCCC. The van der Waals surface area contributed by atoms with Gasteiger partial charge in [-0.05, 0) is 77.0 Å². The molecule has 0 aliphatic rings. The van der Waals surface area contributed by atoms with Crippen LogP contribution in [0, 0.1) is 0 Å². The van der Waals surface area contributed by atoms with Gasteiger partial charge >= 0.3 is 19.8 Å². The molecule has 0 aliphatic carbocycles. The van der Waals surface area contributed by atoms with Gasteiger partial charge in [-0.3, -0.25) is 18.6 Å². The average molecular weight is 811 g/mol. The molecule has 0 heterocycles. The zero-order valence-electron chi connectivity index (χ0n) is 35.1. The molecule has 324 valence electrons. The van der Waals surface area contributed by atoms with Crippen LogP contribution in [-0.4, -0.2) is 65.7 Å². The summed E-state index contributed by atoms with van der Waals surface area (Å²) in [5, 5.41) is 19.1. The van der Waals surface area contributed by atoms with Gasteiger partial charge in [0.25, 0.3) is 0 Å². The number of aliphatic hydroxyl groups excluding tert-OH is 2. The van der Waals surface area contributed by atoms with Crippen LogP contribution < -0.4 is 0 Å². The molecule has 3 N–H and O–H groups in total. The molecule has 3 unspecified atom stereocenters. The fraction of sp³-hybridized carbons (Fsp3) is 0.733. The number of unbranched alkanes of at least 4 members (excludes halogenated alkanes) is 16. The van der Waals surface area contributed by atoms with Crippen molar-refractivity contribution in [1.29, 1.82) is 0 Å². The van der Waals surface area contributed by atoms with E-state index < -0.39 is 58.4 Å². The van der Waals surface area contributed by atoms with E-state index in [1.807, 2.05) is 0 Å². The van der Waals surface area contributed by atoms with E-state index in [-0.39, 0.29) is 12.8 Å². The monoisotopic (exact) mass is 811 g/mol. The first-order valence-electron chi connectivity index (χ1n) is 21.7. The van der Waals surface area contributed by atoms with Gasteiger partial charge in [-0.25, -0.2) is 4.57 Å². The molecule has 0 aromatic heterocycles. The topological polar surface area (TPSA) is 149 Å². The first-order chi connectivity index (χ1) is 27.3. The Morgan fingerprint density at radius 1 is 0.500 bits per heavy atom. The van der Waals surface area contributed by atoms with Crippen LogP contribution in [0.3, 0.4) is 0 Å². The van der Waals surface area contributed by atoms with E-state index in [1.54, 1.807) is 0 Å². The van der Waals surface area contributed by atoms with Crippen LogP contribution in [0.1, 0.15) is 174 Å². The number of phosphoric acid groups is 1. The molecule has 0 spiro atoms. The summed E-state index contributed by atoms with van der Waals surface area (Å²) in [6, 6.07) is 0. The van der Waals surface area contributed by atoms with Crippen molar-refractivity contribution in [1.82, 2.24) is 0 Å². The van der Waals surface area contributed by atoms with Crippen molar-refractivity contribution in [3.8, 4) is 0 Å². The molecular weight excluding hydrogens is 731 g/mol. The standard InChI is InChI=1S/C45H79O10P/c1-3-5-7-9-11-13-15-17-18-19-20-21-22-23-24-25-27-29-31-33-35-37-45(49)55-43(39-47)41-53-56(50,51)52-40-42(38-46)54-44(48)36-34-32-30-28-26-16-14-12-10-8-6-4-2/h5,7,11-14,17-18,20-21,42-43,46-47H,3-4,6,8-10,15-16,19,22-41H2,1-2H3,(H,50,51)/b7-5-,13-11-,14-12-,18-17-,21-20-. The Labute approximate surface area is 340 Å². The summed E-state index contributed by atoms with van der Waals surface area (Å²) >= 11 is 0. The first kappa shape index (κ1) is 53.7. The Balaban J connectivity index is 3.93. The van der Waals surface area contributed by atoms with Crippen molar-refractivity contribution in [2.45, 2.75) is 187 Å². The third-order valence-electron chi connectivity index (χ3n) is 8.96. The van der Waals surface area contributed by atoms with Crippen LogP contribution in [0.15, 0.2) is 60.8 Å². The summed E-state index contributed by atoms with van der Waals surface area (Å²) in [6.45, 7) is 2.04. The Kier molecular flexibility index (Phi) is 39.2. The van der Waals surface area contributed by atoms with E-state index in [9.17, 15) is 29.3 Å². The number of esters is 2. The smallest absolute Gasteiger partial charge is 0.457 e. The molecule has 0 amide bonds. The van der Waals surface area contributed by atoms with Gasteiger partial charge in [-0.2, -0.15) is 0 Å². The van der Waals surface area contributed by atoms with Crippen molar-refractivity contribution < 1.29 is 47.8 Å². The third-order valence-corrected chi connectivity index (χ3v) is 9.91. The van der Waals surface area contributed by atoms with Gasteiger partial charge in [0.2, 0.25) is 0 Å². The molecule has 0 rings (SSSR count). The highest BCUT2D eigenvalue weighted by Gasteiger charge is 2.27. The van der Waals surface area contributed by atoms with Gasteiger partial charge < -0.3 is 24.6 Å². The van der Waals surface area contributed by atoms with Gasteiger partial charge in [0.05, 0.1) is 26.4 Å². The van der Waals surface area contributed by atoms with Gasteiger partial charge in [0.15, 0.2) is 0 Å². The molecule has 11 heteroatoms. The minimum absolute atomic E-state index is 0.179. The predicted molar refractivity (Wildman–Crippen MR) is 228 cm³/mol. The molecule has 0 saturated heterocycles. The molecule has 3 atom stereocenters. The molecule has 10 nitrogen and oxygen atoms in total. The van der Waals surface area contributed by atoms with E-state index in [0.717, 1.165) is 89.9 Å². The summed E-state index contributed by atoms with van der Waals surface area (Å²) in [5.74, 6) is -1.04. The lowest BCUT2D eigenvalue weighted by Crippen LogP contribution is -2.28. The fourth-order valence-electron chi connectivity index (χ4n) is 5.63. The highest BCUT2D eigenvalue weighted by Crippen LogP contribution is 2.43. The van der Waals surface area contributed by atoms with Crippen molar-refractivity contribution >= 4 is 19.8 Å². The maximum absolute atomic E-state index is 12.4. The zero-order valence-corrected chi connectivity index (χ0v) is 36.0. The Morgan fingerprint density at radius 3 is 1.23 bits per heavy atom. The molecule has 0 aromatic carbocycles. The molecule has 0 fully saturated rings. The zero-order chi connectivity index (χ0) is 41.2. The number of ether oxygens (including phenoxy) is 2. The summed E-state index contributed by atoms with van der Waals surface area (Å²) in [7, 11) is -4.64. The van der Waals surface area contributed by atoms with Crippen LogP contribution in [-0.2, 0) is 32.7 Å². The van der Waals surface area contributed by atoms with Crippen LogP contribution in [0.5, 0.6) is 0 Å². The molecule has 56 heavy (non-hydrogen) atoms. The highest BCUT2D eigenvalue weighted by atomic mass is 31.2. The van der Waals surface area contributed by atoms with E-state index in [2.05, 4.69) is 74.6 Å². The van der Waals surface area contributed by atoms with Crippen molar-refractivity contribution in [2.24, 2.45) is 0 Å². The maximum atomic E-state index is 12.4. The van der Waals surface area contributed by atoms with Gasteiger partial charge in [0.1, 0.15) is 12.2 Å². The number of phosphoric ester groups is 1. The number of aliphatic hydroxyl groups is 2. The lowest BCUT2D eigenvalue weighted by molar-refractivity contribution is -0.153. The second-order valence-electron chi connectivity index (χ2n) is 14.3. The number of carbonyl (C=O) groups excluding carboxylic acids is 2. The number of rotatable bonds is 40. The predicted octanol–water partition coefficient (Wildman–Crippen LogP) is 11.5. The van der Waals surface area contributed by atoms with E-state index in [1.165, 1.54) is 44.9 Å². The highest BCUT2D eigenvalue weighted by molar-refractivity contribution is 7.47. The second kappa shape index (κ2) is 40.9. The number of hydrogen-bond acceptors (Lipinski definition) is 9. The van der Waals surface area contributed by atoms with Gasteiger partial charge in [-0.15, -0.1) is 0 Å². The minimum atomic E-state index is -4.64. The van der Waals surface area contributed by atoms with Gasteiger partial charge in [-0.1, -0.05) is 145 Å². The average Bonchev–Trinajstić information content (AvgIpc) is 3.19. The normalized spacial score (nSPS) is 14.4. The molecule has 0 aliphatic heterocycles. The van der Waals surface area contributed by atoms with Crippen LogP contribution in [0.4, 0.5) is 0 Å². The lowest BCUT2D eigenvalue weighted by Gasteiger charge is -2.20. The van der Waals surface area contributed by atoms with Crippen molar-refractivity contribution in [3.05, 3.63) is 60.8 Å². The van der Waals surface area contributed by atoms with Crippen molar-refractivity contribution in [2.75, 3.05) is 26.4 Å². The van der Waals surface area contributed by atoms with Crippen LogP contribution in [0.25, 0.3) is 0 Å². The fourth-order valence-corrected chi connectivity index (χ4v) is 6.41. The summed E-state index contributed by atoms with van der Waals surface area (Å²) in [6.07, 6.45) is 44.8. The van der Waals surface area contributed by atoms with E-state index in [0.29, 0.717) is 12.8 Å². The summed E-state index contributed by atoms with van der Waals surface area (Å²) in [5.41, 5.74) is 0. The second-order valence-corrected chi connectivity index (χ2v) is 15.7. The van der Waals surface area contributed by atoms with Crippen LogP contribution in [0.2, 0.25) is 0 Å². The third kappa shape index (κ3) is 38.5. The quantitative estimate of drug-likeness (QED) is 0.0236. The largest absolute Gasteiger partial charge is 0.472 e. The summed E-state index contributed by atoms with van der Waals surface area (Å²) in [4.78, 5) is 34.5. The Hall–Kier alpha value is -2.33. The number of carbonyl (C=O) groups is 2. The lowest BCUT2D eigenvalue weighted by atomic mass is 10.1. The first-order valence-corrected chi connectivity index (χ1v) is 23.2. The molecule has 0 aromatic rings. The van der Waals surface area contributed by atoms with Gasteiger partial charge in [0, 0.05) is 12.8 Å². The van der Waals surface area contributed by atoms with Crippen LogP contribution >= 0.6 is 7.82 Å². The minimum Gasteiger partial charge on any atom is -0.457 e. The number of allylic oxidation sites excluding steroid dienone is 10. The molecule has 0 radical (unpaired) electrons. The van der Waals surface area contributed by atoms with Crippen molar-refractivity contribution in [3.63, 3.8) is 0 Å². The Bertz CT molecular complexity index is 1120. The molecule has 0 saturated carbocycles. The Morgan fingerprint density at radius 2 is 0.839 bits per heavy atom. The van der Waals surface area contributed by atoms with E-state index in [4.69, 9.17) is 18.5 Å². The number of hydrogen-bond donors (Lipinski definition) is 3. The molecular formula is C45H79O10P. The van der Waals surface area contributed by atoms with E-state index >= 15 is 0 Å². The maximum Gasteiger partial charge on any atom is 0.472 e. The molecule has 0 bridgehead atoms.